The third kappa shape index (κ3) is 3.93. The van der Waals surface area contributed by atoms with Gasteiger partial charge < -0.3 is 14.6 Å². The number of aryl methyl sites for hydroxylation is 1. The summed E-state index contributed by atoms with van der Waals surface area (Å²) in [4.78, 5) is 30.4. The van der Waals surface area contributed by atoms with E-state index in [4.69, 9.17) is 0 Å². The van der Waals surface area contributed by atoms with E-state index < -0.39 is 17.2 Å². The van der Waals surface area contributed by atoms with E-state index >= 15 is 0 Å². The average Bonchev–Trinajstić information content (AvgIpc) is 3.08. The number of carbonyl (C=O) groups is 1. The minimum Gasteiger partial charge on any atom is -0.477 e. The molecule has 1 unspecified atom stereocenters. The van der Waals surface area contributed by atoms with Crippen molar-refractivity contribution in [2.75, 3.05) is 18.0 Å². The van der Waals surface area contributed by atoms with Gasteiger partial charge in [-0.2, -0.15) is 0 Å². The number of carboxylic acid groups (broad SMARTS) is 1. The van der Waals surface area contributed by atoms with Crippen LogP contribution in [0.3, 0.4) is 0 Å². The van der Waals surface area contributed by atoms with Crippen LogP contribution in [0.1, 0.15) is 44.5 Å². The van der Waals surface area contributed by atoms with Crippen molar-refractivity contribution in [2.24, 2.45) is 10.4 Å². The van der Waals surface area contributed by atoms with Crippen LogP contribution in [0.2, 0.25) is 0 Å². The Morgan fingerprint density at radius 1 is 1.39 bits per heavy atom. The van der Waals surface area contributed by atoms with Crippen molar-refractivity contribution in [3.63, 3.8) is 0 Å². The van der Waals surface area contributed by atoms with Gasteiger partial charge in [0.15, 0.2) is 0 Å². The van der Waals surface area contributed by atoms with Crippen molar-refractivity contribution in [1.29, 1.82) is 0 Å². The normalized spacial score (nSPS) is 17.8. The number of carboxylic acids is 1. The molecule has 0 bridgehead atoms. The molecule has 0 radical (unpaired) electrons. The van der Waals surface area contributed by atoms with Gasteiger partial charge in [-0.25, -0.2) is 9.18 Å². The molecule has 1 aliphatic rings. The number of aliphatic imine (C=N–C) groups is 1. The summed E-state index contributed by atoms with van der Waals surface area (Å²) in [5.74, 6) is -1.83. The zero-order valence-electron chi connectivity index (χ0n) is 16.7. The van der Waals surface area contributed by atoms with Crippen molar-refractivity contribution < 1.29 is 14.3 Å². The molecule has 1 aromatic carbocycles. The van der Waals surface area contributed by atoms with E-state index in [0.29, 0.717) is 30.8 Å². The van der Waals surface area contributed by atoms with Gasteiger partial charge in [-0.05, 0) is 30.9 Å². The molecule has 6 nitrogen and oxygen atoms in total. The summed E-state index contributed by atoms with van der Waals surface area (Å²) < 4.78 is 16.5. The first kappa shape index (κ1) is 20.0. The second-order valence-corrected chi connectivity index (χ2v) is 8.32. The molecule has 150 valence electrons. The maximum absolute atomic E-state index is 14.8. The number of aromatic nitrogens is 1. The standard InChI is InChI=1S/C21H26FN3O3/c1-5-24-11-15(20(27)28)19(26)14-8-16(22)18(9-17(14)24)25-7-6-13(10-25)23-12-21(2,3)4/h8-9,11-13H,5-7,10H2,1-4H3,(H,27,28)/b23-12+. The number of benzene rings is 1. The predicted octanol–water partition coefficient (Wildman–Crippen LogP) is 3.55. The van der Waals surface area contributed by atoms with E-state index in [1.54, 1.807) is 10.6 Å². The van der Waals surface area contributed by atoms with Gasteiger partial charge in [0, 0.05) is 37.4 Å². The smallest absolute Gasteiger partial charge is 0.341 e. The number of hydrogen-bond acceptors (Lipinski definition) is 4. The van der Waals surface area contributed by atoms with Crippen LogP contribution in [0, 0.1) is 11.2 Å². The van der Waals surface area contributed by atoms with E-state index in [1.165, 1.54) is 6.20 Å². The fraction of sp³-hybridized carbons (Fsp3) is 0.476. The lowest BCUT2D eigenvalue weighted by atomic mass is 9.99. The molecule has 0 spiro atoms. The SMILES string of the molecule is CCn1cc(C(=O)O)c(=O)c2cc(F)c(N3CCC(/N=C/C(C)(C)C)C3)cc21. The highest BCUT2D eigenvalue weighted by Crippen LogP contribution is 2.29. The van der Waals surface area contributed by atoms with E-state index in [2.05, 4.69) is 25.8 Å². The summed E-state index contributed by atoms with van der Waals surface area (Å²) in [6.07, 6.45) is 4.11. The number of rotatable bonds is 4. The van der Waals surface area contributed by atoms with Gasteiger partial charge in [0.25, 0.3) is 0 Å². The highest BCUT2D eigenvalue weighted by Gasteiger charge is 2.26. The first-order valence-electron chi connectivity index (χ1n) is 9.50. The number of anilines is 1. The van der Waals surface area contributed by atoms with Gasteiger partial charge in [-0.15, -0.1) is 0 Å². The molecular formula is C21H26FN3O3. The molecule has 0 amide bonds. The zero-order valence-corrected chi connectivity index (χ0v) is 16.7. The van der Waals surface area contributed by atoms with Crippen LogP contribution in [0.4, 0.5) is 10.1 Å². The van der Waals surface area contributed by atoms with Crippen LogP contribution in [0.5, 0.6) is 0 Å². The maximum Gasteiger partial charge on any atom is 0.341 e. The van der Waals surface area contributed by atoms with Crippen molar-refractivity contribution in [3.05, 3.63) is 39.9 Å². The maximum atomic E-state index is 14.8. The lowest BCUT2D eigenvalue weighted by Crippen LogP contribution is -2.24. The summed E-state index contributed by atoms with van der Waals surface area (Å²) in [6.45, 7) is 9.87. The average molecular weight is 387 g/mol. The topological polar surface area (TPSA) is 74.9 Å². The van der Waals surface area contributed by atoms with E-state index in [1.807, 2.05) is 18.0 Å². The predicted molar refractivity (Wildman–Crippen MR) is 109 cm³/mol. The fourth-order valence-corrected chi connectivity index (χ4v) is 3.47. The van der Waals surface area contributed by atoms with Crippen molar-refractivity contribution >= 4 is 28.8 Å². The molecule has 28 heavy (non-hydrogen) atoms. The molecule has 1 saturated heterocycles. The number of hydrogen-bond donors (Lipinski definition) is 1. The third-order valence-corrected chi connectivity index (χ3v) is 4.90. The van der Waals surface area contributed by atoms with Gasteiger partial charge in [-0.3, -0.25) is 9.79 Å². The molecule has 1 atom stereocenters. The van der Waals surface area contributed by atoms with E-state index in [-0.39, 0.29) is 22.4 Å². The summed E-state index contributed by atoms with van der Waals surface area (Å²) in [5, 5.41) is 9.34. The quantitative estimate of drug-likeness (QED) is 0.814. The Balaban J connectivity index is 2.01. The highest BCUT2D eigenvalue weighted by molar-refractivity contribution is 5.93. The minimum absolute atomic E-state index is 0.000656. The molecule has 1 N–H and O–H groups in total. The monoisotopic (exact) mass is 387 g/mol. The minimum atomic E-state index is -1.31. The van der Waals surface area contributed by atoms with Crippen LogP contribution >= 0.6 is 0 Å². The zero-order chi connectivity index (χ0) is 20.6. The van der Waals surface area contributed by atoms with Crippen molar-refractivity contribution in [1.82, 2.24) is 4.57 Å². The largest absolute Gasteiger partial charge is 0.477 e. The first-order valence-corrected chi connectivity index (χ1v) is 9.50. The van der Waals surface area contributed by atoms with Gasteiger partial charge in [-0.1, -0.05) is 20.8 Å². The van der Waals surface area contributed by atoms with Crippen LogP contribution in [-0.2, 0) is 6.54 Å². The van der Waals surface area contributed by atoms with Crippen molar-refractivity contribution in [3.8, 4) is 0 Å². The molecule has 0 saturated carbocycles. The number of aromatic carboxylic acids is 1. The first-order chi connectivity index (χ1) is 13.1. The van der Waals surface area contributed by atoms with Crippen LogP contribution < -0.4 is 10.3 Å². The summed E-state index contributed by atoms with van der Waals surface area (Å²) in [6, 6.07) is 2.92. The molecule has 1 aliphatic heterocycles. The Bertz CT molecular complexity index is 1000. The lowest BCUT2D eigenvalue weighted by molar-refractivity contribution is 0.0695. The second-order valence-electron chi connectivity index (χ2n) is 8.32. The molecule has 2 heterocycles. The fourth-order valence-electron chi connectivity index (χ4n) is 3.47. The molecular weight excluding hydrogens is 361 g/mol. The summed E-state index contributed by atoms with van der Waals surface area (Å²) in [5.41, 5.74) is -0.0483. The van der Waals surface area contributed by atoms with Gasteiger partial charge in [0.2, 0.25) is 5.43 Å². The van der Waals surface area contributed by atoms with Crippen LogP contribution in [0.15, 0.2) is 28.1 Å². The number of nitrogens with zero attached hydrogens (tertiary/aromatic N) is 3. The Morgan fingerprint density at radius 3 is 2.71 bits per heavy atom. The number of halogens is 1. The van der Waals surface area contributed by atoms with E-state index in [9.17, 15) is 19.1 Å². The molecule has 0 aliphatic carbocycles. The van der Waals surface area contributed by atoms with Gasteiger partial charge >= 0.3 is 5.97 Å². The summed E-state index contributed by atoms with van der Waals surface area (Å²) in [7, 11) is 0. The second kappa shape index (κ2) is 7.37. The molecule has 2 aromatic rings. The van der Waals surface area contributed by atoms with Crippen LogP contribution in [-0.4, -0.2) is 41.0 Å². The van der Waals surface area contributed by atoms with Crippen molar-refractivity contribution in [2.45, 2.75) is 46.7 Å². The lowest BCUT2D eigenvalue weighted by Gasteiger charge is -2.21. The summed E-state index contributed by atoms with van der Waals surface area (Å²) >= 11 is 0. The molecule has 1 fully saturated rings. The molecule has 7 heteroatoms. The Kier molecular flexibility index (Phi) is 5.28. The Morgan fingerprint density at radius 2 is 2.11 bits per heavy atom. The van der Waals surface area contributed by atoms with E-state index in [0.717, 1.165) is 12.5 Å². The third-order valence-electron chi connectivity index (χ3n) is 4.90. The van der Waals surface area contributed by atoms with Gasteiger partial charge in [0.1, 0.15) is 11.4 Å². The number of fused-ring (bicyclic) bond motifs is 1. The molecule has 3 rings (SSSR count). The Hall–Kier alpha value is -2.70. The van der Waals surface area contributed by atoms with Gasteiger partial charge in [0.05, 0.1) is 17.2 Å². The van der Waals surface area contributed by atoms with Crippen LogP contribution in [0.25, 0.3) is 10.9 Å². The Labute approximate surface area is 163 Å². The molecule has 1 aromatic heterocycles. The highest BCUT2D eigenvalue weighted by atomic mass is 19.1. The number of pyridine rings is 1.